The molecule has 0 aromatic rings. The summed E-state index contributed by atoms with van der Waals surface area (Å²) in [6, 6.07) is -0.612. The molecule has 0 bridgehead atoms. The molecule has 0 heterocycles. The van der Waals surface area contributed by atoms with Crippen molar-refractivity contribution in [2.75, 3.05) is 6.61 Å². The van der Waals surface area contributed by atoms with Gasteiger partial charge in [-0.2, -0.15) is 0 Å². The maximum absolute atomic E-state index is 12.2. The number of carbonyl (C=O) groups excluding carboxylic acids is 1. The molecule has 0 aliphatic rings. The van der Waals surface area contributed by atoms with Crippen LogP contribution in [0.4, 0.5) is 0 Å². The number of hydrogen-bond acceptors (Lipinski definition) is 3. The van der Waals surface area contributed by atoms with E-state index < -0.39 is 12.1 Å². The van der Waals surface area contributed by atoms with Crippen molar-refractivity contribution in [3.8, 4) is 0 Å². The number of aliphatic hydroxyl groups is 2. The van der Waals surface area contributed by atoms with Crippen LogP contribution < -0.4 is 5.32 Å². The van der Waals surface area contributed by atoms with Gasteiger partial charge in [-0.15, -0.1) is 0 Å². The van der Waals surface area contributed by atoms with Gasteiger partial charge in [-0.3, -0.25) is 4.79 Å². The Labute approximate surface area is 212 Å². The van der Waals surface area contributed by atoms with Crippen molar-refractivity contribution in [2.45, 2.75) is 167 Å². The molecular formula is C30H59NO3. The van der Waals surface area contributed by atoms with Gasteiger partial charge in [0.15, 0.2) is 0 Å². The number of hydrogen-bond donors (Lipinski definition) is 3. The zero-order chi connectivity index (χ0) is 25.1. The van der Waals surface area contributed by atoms with Crippen LogP contribution in [0.3, 0.4) is 0 Å². The molecule has 1 amide bonds. The Morgan fingerprint density at radius 1 is 0.676 bits per heavy atom. The van der Waals surface area contributed by atoms with Crippen LogP contribution >= 0.6 is 0 Å². The van der Waals surface area contributed by atoms with Gasteiger partial charge in [0.2, 0.25) is 5.91 Å². The standard InChI is InChI=1S/C30H59NO3/c1-3-5-7-9-11-13-15-16-17-19-21-23-25-29(33)28(27-32)31-30(34)26-24-22-20-18-14-12-10-8-6-4-2/h23,25,28-29,32-33H,3-22,24,26-27H2,1-2H3,(H,31,34)/b25-23+/t28-,29+/m0/s1. The van der Waals surface area contributed by atoms with E-state index in [0.29, 0.717) is 6.42 Å². The molecule has 0 unspecified atom stereocenters. The van der Waals surface area contributed by atoms with Crippen LogP contribution in [0.2, 0.25) is 0 Å². The van der Waals surface area contributed by atoms with E-state index in [4.69, 9.17) is 0 Å². The molecule has 0 fully saturated rings. The Kier molecular flexibility index (Phi) is 26.0. The third-order valence-corrected chi connectivity index (χ3v) is 6.77. The monoisotopic (exact) mass is 481 g/mol. The van der Waals surface area contributed by atoms with Crippen LogP contribution in [0.5, 0.6) is 0 Å². The molecular weight excluding hydrogens is 422 g/mol. The molecule has 0 rings (SSSR count). The maximum Gasteiger partial charge on any atom is 0.220 e. The highest BCUT2D eigenvalue weighted by atomic mass is 16.3. The number of unbranched alkanes of at least 4 members (excludes halogenated alkanes) is 19. The minimum absolute atomic E-state index is 0.0687. The minimum Gasteiger partial charge on any atom is -0.394 e. The molecule has 0 saturated carbocycles. The first kappa shape index (κ1) is 33.1. The lowest BCUT2D eigenvalue weighted by Crippen LogP contribution is -2.45. The lowest BCUT2D eigenvalue weighted by Gasteiger charge is -2.20. The van der Waals surface area contributed by atoms with E-state index in [1.165, 1.54) is 109 Å². The molecule has 0 saturated heterocycles. The zero-order valence-corrected chi connectivity index (χ0v) is 22.9. The largest absolute Gasteiger partial charge is 0.394 e. The van der Waals surface area contributed by atoms with E-state index in [-0.39, 0.29) is 12.5 Å². The van der Waals surface area contributed by atoms with Crippen molar-refractivity contribution in [2.24, 2.45) is 0 Å². The second kappa shape index (κ2) is 26.7. The lowest BCUT2D eigenvalue weighted by molar-refractivity contribution is -0.123. The van der Waals surface area contributed by atoms with Gasteiger partial charge < -0.3 is 15.5 Å². The normalized spacial score (nSPS) is 13.4. The van der Waals surface area contributed by atoms with Crippen LogP contribution in [0.15, 0.2) is 12.2 Å². The van der Waals surface area contributed by atoms with E-state index in [9.17, 15) is 15.0 Å². The predicted octanol–water partition coefficient (Wildman–Crippen LogP) is 8.00. The summed E-state index contributed by atoms with van der Waals surface area (Å²) in [6.45, 7) is 4.26. The van der Waals surface area contributed by atoms with Crippen LogP contribution in [-0.4, -0.2) is 34.9 Å². The molecule has 0 spiro atoms. The van der Waals surface area contributed by atoms with Crippen molar-refractivity contribution in [1.29, 1.82) is 0 Å². The highest BCUT2D eigenvalue weighted by Gasteiger charge is 2.17. The van der Waals surface area contributed by atoms with Crippen molar-refractivity contribution in [3.05, 3.63) is 12.2 Å². The molecule has 4 nitrogen and oxygen atoms in total. The quantitative estimate of drug-likeness (QED) is 0.0865. The fraction of sp³-hybridized carbons (Fsp3) is 0.900. The van der Waals surface area contributed by atoms with E-state index in [1.54, 1.807) is 6.08 Å². The Morgan fingerprint density at radius 3 is 1.53 bits per heavy atom. The summed E-state index contributed by atoms with van der Waals surface area (Å²) in [5.41, 5.74) is 0. The summed E-state index contributed by atoms with van der Waals surface area (Å²) in [7, 11) is 0. The molecule has 0 aromatic heterocycles. The third kappa shape index (κ3) is 22.9. The molecule has 3 N–H and O–H groups in total. The SMILES string of the molecule is CCCCCCCCCCCC/C=C/[C@@H](O)[C@H](CO)NC(=O)CCCCCCCCCCCC. The zero-order valence-electron chi connectivity index (χ0n) is 22.9. The number of nitrogens with one attached hydrogen (secondary N) is 1. The molecule has 0 aromatic carbocycles. The lowest BCUT2D eigenvalue weighted by atomic mass is 10.0. The number of amides is 1. The smallest absolute Gasteiger partial charge is 0.220 e. The van der Waals surface area contributed by atoms with Crippen LogP contribution in [-0.2, 0) is 4.79 Å². The van der Waals surface area contributed by atoms with Crippen LogP contribution in [0.1, 0.15) is 155 Å². The molecule has 0 aliphatic heterocycles. The van der Waals surface area contributed by atoms with Crippen molar-refractivity contribution in [3.63, 3.8) is 0 Å². The summed E-state index contributed by atoms with van der Waals surface area (Å²) in [5.74, 6) is -0.0687. The van der Waals surface area contributed by atoms with E-state index in [1.807, 2.05) is 6.08 Å². The van der Waals surface area contributed by atoms with Crippen molar-refractivity contribution in [1.82, 2.24) is 5.32 Å². The highest BCUT2D eigenvalue weighted by molar-refractivity contribution is 5.76. The van der Waals surface area contributed by atoms with Crippen molar-refractivity contribution >= 4 is 5.91 Å². The summed E-state index contributed by atoms with van der Waals surface area (Å²) < 4.78 is 0. The van der Waals surface area contributed by atoms with Crippen molar-refractivity contribution < 1.29 is 15.0 Å². The Morgan fingerprint density at radius 2 is 1.09 bits per heavy atom. The predicted molar refractivity (Wildman–Crippen MR) is 147 cm³/mol. The fourth-order valence-corrected chi connectivity index (χ4v) is 4.41. The number of rotatable bonds is 26. The van der Waals surface area contributed by atoms with Crippen LogP contribution in [0.25, 0.3) is 0 Å². The molecule has 4 heteroatoms. The summed E-state index contributed by atoms with van der Waals surface area (Å²) in [4.78, 5) is 12.2. The minimum atomic E-state index is -0.829. The first-order chi connectivity index (χ1) is 16.7. The van der Waals surface area contributed by atoms with E-state index in [0.717, 1.165) is 25.7 Å². The average molecular weight is 482 g/mol. The highest BCUT2D eigenvalue weighted by Crippen LogP contribution is 2.13. The third-order valence-electron chi connectivity index (χ3n) is 6.77. The topological polar surface area (TPSA) is 69.6 Å². The second-order valence-electron chi connectivity index (χ2n) is 10.2. The Hall–Kier alpha value is -0.870. The van der Waals surface area contributed by atoms with Gasteiger partial charge in [0.1, 0.15) is 0 Å². The van der Waals surface area contributed by atoms with Gasteiger partial charge in [0.05, 0.1) is 18.8 Å². The Balaban J connectivity index is 3.69. The molecule has 202 valence electrons. The number of aliphatic hydroxyl groups excluding tert-OH is 2. The summed E-state index contributed by atoms with van der Waals surface area (Å²) in [6.07, 6.45) is 29.9. The molecule has 0 aliphatic carbocycles. The van der Waals surface area contributed by atoms with Gasteiger partial charge in [-0.05, 0) is 19.3 Å². The van der Waals surface area contributed by atoms with Gasteiger partial charge in [-0.1, -0.05) is 142 Å². The van der Waals surface area contributed by atoms with Crippen LogP contribution in [0, 0.1) is 0 Å². The molecule has 0 radical (unpaired) electrons. The Bertz CT molecular complexity index is 452. The van der Waals surface area contributed by atoms with E-state index >= 15 is 0 Å². The molecule has 34 heavy (non-hydrogen) atoms. The first-order valence-corrected chi connectivity index (χ1v) is 14.9. The van der Waals surface area contributed by atoms with Gasteiger partial charge in [-0.25, -0.2) is 0 Å². The molecule has 2 atom stereocenters. The number of allylic oxidation sites excluding steroid dienone is 1. The van der Waals surface area contributed by atoms with Gasteiger partial charge >= 0.3 is 0 Å². The average Bonchev–Trinajstić information content (AvgIpc) is 2.84. The van der Waals surface area contributed by atoms with Gasteiger partial charge in [0, 0.05) is 6.42 Å². The number of carbonyl (C=O) groups is 1. The summed E-state index contributed by atoms with van der Waals surface area (Å²) >= 11 is 0. The summed E-state index contributed by atoms with van der Waals surface area (Å²) in [5, 5.41) is 22.7. The van der Waals surface area contributed by atoms with Gasteiger partial charge in [0.25, 0.3) is 0 Å². The second-order valence-corrected chi connectivity index (χ2v) is 10.2. The van der Waals surface area contributed by atoms with E-state index in [2.05, 4.69) is 19.2 Å². The maximum atomic E-state index is 12.2. The first-order valence-electron chi connectivity index (χ1n) is 14.9. The fourth-order valence-electron chi connectivity index (χ4n) is 4.41.